The molecule has 0 aromatic carbocycles. The summed E-state index contributed by atoms with van der Waals surface area (Å²) in [5.74, 6) is 0.594. The number of alkyl carbamates (subject to hydrolysis) is 1. The molecule has 0 radical (unpaired) electrons. The Labute approximate surface area is 135 Å². The Morgan fingerprint density at radius 2 is 1.91 bits per heavy atom. The van der Waals surface area contributed by atoms with Gasteiger partial charge in [-0.2, -0.15) is 0 Å². The summed E-state index contributed by atoms with van der Waals surface area (Å²) in [4.78, 5) is 14.4. The molecule has 0 aromatic heterocycles. The molecule has 0 aromatic rings. The first-order valence-corrected chi connectivity index (χ1v) is 8.65. The average Bonchev–Trinajstić information content (AvgIpc) is 2.89. The van der Waals surface area contributed by atoms with Crippen molar-refractivity contribution in [3.8, 4) is 0 Å². The first-order chi connectivity index (χ1) is 10.2. The Morgan fingerprint density at radius 3 is 2.36 bits per heavy atom. The van der Waals surface area contributed by atoms with Gasteiger partial charge >= 0.3 is 6.09 Å². The van der Waals surface area contributed by atoms with E-state index in [1.807, 2.05) is 20.8 Å². The van der Waals surface area contributed by atoms with E-state index < -0.39 is 5.60 Å². The maximum Gasteiger partial charge on any atom is 0.407 e. The lowest BCUT2D eigenvalue weighted by Gasteiger charge is -2.37. The molecule has 1 saturated carbocycles. The Morgan fingerprint density at radius 1 is 1.32 bits per heavy atom. The van der Waals surface area contributed by atoms with Crippen molar-refractivity contribution < 1.29 is 9.53 Å². The molecule has 5 nitrogen and oxygen atoms in total. The van der Waals surface area contributed by atoms with Crippen LogP contribution in [0.25, 0.3) is 0 Å². The van der Waals surface area contributed by atoms with Gasteiger partial charge in [0.1, 0.15) is 5.60 Å². The third-order valence-corrected chi connectivity index (χ3v) is 3.99. The second-order valence-electron chi connectivity index (χ2n) is 7.80. The van der Waals surface area contributed by atoms with E-state index in [4.69, 9.17) is 10.5 Å². The number of nitrogens with two attached hydrogens (primary N) is 1. The molecular weight excluding hydrogens is 278 g/mol. The fourth-order valence-corrected chi connectivity index (χ4v) is 3.11. The first kappa shape index (κ1) is 19.2. The summed E-state index contributed by atoms with van der Waals surface area (Å²) in [6.45, 7) is 12.2. The second-order valence-corrected chi connectivity index (χ2v) is 7.80. The van der Waals surface area contributed by atoms with Gasteiger partial charge < -0.3 is 15.8 Å². The van der Waals surface area contributed by atoms with Crippen molar-refractivity contribution in [1.82, 2.24) is 10.2 Å². The molecule has 3 N–H and O–H groups in total. The zero-order valence-corrected chi connectivity index (χ0v) is 15.0. The first-order valence-electron chi connectivity index (χ1n) is 8.65. The van der Waals surface area contributed by atoms with Crippen LogP contribution in [0.15, 0.2) is 0 Å². The van der Waals surface area contributed by atoms with Crippen LogP contribution < -0.4 is 11.1 Å². The van der Waals surface area contributed by atoms with E-state index in [0.717, 1.165) is 6.54 Å². The number of rotatable bonds is 7. The van der Waals surface area contributed by atoms with Crippen molar-refractivity contribution in [1.29, 1.82) is 0 Å². The molecule has 0 heterocycles. The van der Waals surface area contributed by atoms with E-state index in [-0.39, 0.29) is 12.1 Å². The van der Waals surface area contributed by atoms with Crippen molar-refractivity contribution in [2.75, 3.05) is 19.6 Å². The lowest BCUT2D eigenvalue weighted by atomic mass is 10.1. The van der Waals surface area contributed by atoms with Gasteiger partial charge in [0.15, 0.2) is 0 Å². The zero-order valence-electron chi connectivity index (χ0n) is 15.0. The zero-order chi connectivity index (χ0) is 16.8. The van der Waals surface area contributed by atoms with E-state index in [1.54, 1.807) is 0 Å². The fourth-order valence-electron chi connectivity index (χ4n) is 3.11. The van der Waals surface area contributed by atoms with Crippen LogP contribution in [0.1, 0.15) is 60.3 Å². The summed E-state index contributed by atoms with van der Waals surface area (Å²) in [6.07, 6.45) is 4.74. The third kappa shape index (κ3) is 6.97. The topological polar surface area (TPSA) is 67.6 Å². The minimum Gasteiger partial charge on any atom is -0.444 e. The van der Waals surface area contributed by atoms with Crippen LogP contribution in [-0.2, 0) is 4.74 Å². The van der Waals surface area contributed by atoms with Gasteiger partial charge in [-0.25, -0.2) is 4.79 Å². The second kappa shape index (κ2) is 8.73. The molecule has 0 saturated heterocycles. The summed E-state index contributed by atoms with van der Waals surface area (Å²) in [6, 6.07) is 0.786. The van der Waals surface area contributed by atoms with Crippen molar-refractivity contribution >= 4 is 6.09 Å². The number of nitrogens with zero attached hydrogens (tertiary/aromatic N) is 1. The number of carbonyl (C=O) groups excluding carboxylic acids is 1. The predicted molar refractivity (Wildman–Crippen MR) is 90.9 cm³/mol. The van der Waals surface area contributed by atoms with Gasteiger partial charge in [0.2, 0.25) is 0 Å². The number of amides is 1. The highest BCUT2D eigenvalue weighted by Crippen LogP contribution is 2.25. The summed E-state index contributed by atoms with van der Waals surface area (Å²) in [5, 5.41) is 2.88. The van der Waals surface area contributed by atoms with E-state index in [2.05, 4.69) is 24.1 Å². The largest absolute Gasteiger partial charge is 0.444 e. The third-order valence-electron chi connectivity index (χ3n) is 3.99. The van der Waals surface area contributed by atoms with E-state index in [1.165, 1.54) is 25.7 Å². The van der Waals surface area contributed by atoms with Gasteiger partial charge in [0.25, 0.3) is 0 Å². The van der Waals surface area contributed by atoms with Crippen LogP contribution in [-0.4, -0.2) is 48.3 Å². The smallest absolute Gasteiger partial charge is 0.407 e. The Balaban J connectivity index is 2.58. The molecule has 5 heteroatoms. The van der Waals surface area contributed by atoms with Crippen LogP contribution in [0, 0.1) is 5.92 Å². The van der Waals surface area contributed by atoms with Gasteiger partial charge in [-0.05, 0) is 39.5 Å². The van der Waals surface area contributed by atoms with E-state index in [9.17, 15) is 4.79 Å². The Kier molecular flexibility index (Phi) is 7.63. The number of ether oxygens (including phenoxy) is 1. The minimum absolute atomic E-state index is 0.179. The minimum atomic E-state index is -0.467. The molecule has 1 unspecified atom stereocenters. The highest BCUT2D eigenvalue weighted by molar-refractivity contribution is 5.67. The predicted octanol–water partition coefficient (Wildman–Crippen LogP) is 2.74. The lowest BCUT2D eigenvalue weighted by molar-refractivity contribution is 0.0490. The molecule has 0 bridgehead atoms. The molecule has 1 rings (SSSR count). The van der Waals surface area contributed by atoms with Crippen LogP contribution in [0.5, 0.6) is 0 Å². The van der Waals surface area contributed by atoms with Crippen molar-refractivity contribution in [2.24, 2.45) is 11.7 Å². The van der Waals surface area contributed by atoms with Gasteiger partial charge in [-0.15, -0.1) is 0 Å². The molecule has 1 fully saturated rings. The molecule has 1 aliphatic carbocycles. The molecule has 1 aliphatic rings. The van der Waals surface area contributed by atoms with Crippen molar-refractivity contribution in [2.45, 2.75) is 78.0 Å². The van der Waals surface area contributed by atoms with Gasteiger partial charge in [0.05, 0.1) is 0 Å². The van der Waals surface area contributed by atoms with Crippen molar-refractivity contribution in [3.63, 3.8) is 0 Å². The van der Waals surface area contributed by atoms with E-state index >= 15 is 0 Å². The highest BCUT2D eigenvalue weighted by Gasteiger charge is 2.29. The maximum absolute atomic E-state index is 11.9. The number of carbonyl (C=O) groups is 1. The summed E-state index contributed by atoms with van der Waals surface area (Å²) in [7, 11) is 0. The lowest BCUT2D eigenvalue weighted by Crippen LogP contribution is -2.53. The maximum atomic E-state index is 11.9. The average molecular weight is 313 g/mol. The SMILES string of the molecule is CC(C)CN(C1CCCC1)C(CN)CNC(=O)OC(C)(C)C. The van der Waals surface area contributed by atoms with Gasteiger partial charge in [-0.1, -0.05) is 26.7 Å². The number of hydrogen-bond acceptors (Lipinski definition) is 4. The molecule has 0 aliphatic heterocycles. The molecule has 22 heavy (non-hydrogen) atoms. The standard InChI is InChI=1S/C17H35N3O2/c1-13(2)12-20(14-8-6-7-9-14)15(10-18)11-19-16(21)22-17(3,4)5/h13-15H,6-12,18H2,1-5H3,(H,19,21). The Hall–Kier alpha value is -0.810. The number of hydrogen-bond donors (Lipinski definition) is 2. The highest BCUT2D eigenvalue weighted by atomic mass is 16.6. The van der Waals surface area contributed by atoms with Crippen LogP contribution in [0.2, 0.25) is 0 Å². The fraction of sp³-hybridized carbons (Fsp3) is 0.941. The van der Waals surface area contributed by atoms with Gasteiger partial charge in [-0.3, -0.25) is 4.90 Å². The molecule has 0 spiro atoms. The molecule has 1 atom stereocenters. The van der Waals surface area contributed by atoms with Crippen LogP contribution in [0.3, 0.4) is 0 Å². The summed E-state index contributed by atoms with van der Waals surface area (Å²) >= 11 is 0. The van der Waals surface area contributed by atoms with E-state index in [0.29, 0.717) is 25.0 Å². The molecular formula is C17H35N3O2. The van der Waals surface area contributed by atoms with Crippen LogP contribution in [0.4, 0.5) is 4.79 Å². The Bertz CT molecular complexity index is 333. The summed E-state index contributed by atoms with van der Waals surface area (Å²) in [5.41, 5.74) is 5.53. The number of nitrogens with one attached hydrogen (secondary N) is 1. The van der Waals surface area contributed by atoms with Gasteiger partial charge in [0, 0.05) is 31.7 Å². The molecule has 130 valence electrons. The quantitative estimate of drug-likeness (QED) is 0.758. The normalized spacial score (nSPS) is 18.0. The monoisotopic (exact) mass is 313 g/mol. The van der Waals surface area contributed by atoms with Crippen molar-refractivity contribution in [3.05, 3.63) is 0 Å². The summed E-state index contributed by atoms with van der Waals surface area (Å²) < 4.78 is 5.31. The molecule has 1 amide bonds. The van der Waals surface area contributed by atoms with Crippen LogP contribution >= 0.6 is 0 Å².